The van der Waals surface area contributed by atoms with Gasteiger partial charge < -0.3 is 20.8 Å². The molecule has 232 valence electrons. The SMILES string of the molecule is CC(C)CN(C(CO)CCCCNC(=O)C(NC(=O)O)C(c1ccccc1)c1ccccc1)S(=O)(=O)c1ccc(F)cc1. The minimum absolute atomic E-state index is 0.0237. The molecule has 0 fully saturated rings. The first-order chi connectivity index (χ1) is 20.5. The summed E-state index contributed by atoms with van der Waals surface area (Å²) in [7, 11) is -3.99. The summed E-state index contributed by atoms with van der Waals surface area (Å²) in [5, 5.41) is 24.9. The molecule has 0 bridgehead atoms. The van der Waals surface area contributed by atoms with Gasteiger partial charge in [-0.25, -0.2) is 17.6 Å². The number of aliphatic hydroxyl groups excluding tert-OH is 1. The van der Waals surface area contributed by atoms with E-state index in [2.05, 4.69) is 10.6 Å². The number of unbranched alkanes of at least 4 members (excludes halogenated alkanes) is 1. The third-order valence-electron chi connectivity index (χ3n) is 7.06. The van der Waals surface area contributed by atoms with Gasteiger partial charge in [-0.05, 0) is 54.2 Å². The van der Waals surface area contributed by atoms with Crippen molar-refractivity contribution in [3.05, 3.63) is 102 Å². The highest BCUT2D eigenvalue weighted by Crippen LogP contribution is 2.28. The molecule has 43 heavy (non-hydrogen) atoms. The number of hydrogen-bond acceptors (Lipinski definition) is 5. The van der Waals surface area contributed by atoms with E-state index in [-0.39, 0.29) is 23.9 Å². The van der Waals surface area contributed by atoms with Gasteiger partial charge in [0.25, 0.3) is 0 Å². The molecule has 0 saturated carbocycles. The monoisotopic (exact) mass is 613 g/mol. The van der Waals surface area contributed by atoms with Crippen molar-refractivity contribution in [2.24, 2.45) is 5.92 Å². The van der Waals surface area contributed by atoms with Gasteiger partial charge in [-0.15, -0.1) is 0 Å². The van der Waals surface area contributed by atoms with Gasteiger partial charge >= 0.3 is 6.09 Å². The number of sulfonamides is 1. The van der Waals surface area contributed by atoms with E-state index < -0.39 is 52.4 Å². The molecule has 4 N–H and O–H groups in total. The van der Waals surface area contributed by atoms with Crippen LogP contribution in [0, 0.1) is 11.7 Å². The lowest BCUT2D eigenvalue weighted by molar-refractivity contribution is -0.123. The van der Waals surface area contributed by atoms with Crippen LogP contribution in [0.5, 0.6) is 0 Å². The molecule has 0 heterocycles. The first-order valence-electron chi connectivity index (χ1n) is 14.3. The van der Waals surface area contributed by atoms with Crippen molar-refractivity contribution in [1.82, 2.24) is 14.9 Å². The van der Waals surface area contributed by atoms with E-state index in [1.165, 1.54) is 16.4 Å². The van der Waals surface area contributed by atoms with Crippen LogP contribution in [0.15, 0.2) is 89.8 Å². The normalized spacial score (nSPS) is 13.2. The third-order valence-corrected chi connectivity index (χ3v) is 8.99. The van der Waals surface area contributed by atoms with Crippen LogP contribution in [-0.4, -0.2) is 66.7 Å². The highest BCUT2D eigenvalue weighted by Gasteiger charge is 2.33. The van der Waals surface area contributed by atoms with E-state index in [0.29, 0.717) is 19.3 Å². The first kappa shape index (κ1) is 33.7. The Morgan fingerprint density at radius 1 is 0.884 bits per heavy atom. The summed E-state index contributed by atoms with van der Waals surface area (Å²) in [5.74, 6) is -1.63. The summed E-state index contributed by atoms with van der Waals surface area (Å²) in [6, 6.07) is 21.2. The van der Waals surface area contributed by atoms with E-state index in [4.69, 9.17) is 0 Å². The molecular weight excluding hydrogens is 573 g/mol. The summed E-state index contributed by atoms with van der Waals surface area (Å²) < 4.78 is 41.5. The fourth-order valence-corrected chi connectivity index (χ4v) is 6.84. The molecule has 9 nitrogen and oxygen atoms in total. The lowest BCUT2D eigenvalue weighted by Crippen LogP contribution is -2.50. The highest BCUT2D eigenvalue weighted by atomic mass is 32.2. The maximum atomic E-state index is 13.4. The Morgan fingerprint density at radius 3 is 1.93 bits per heavy atom. The number of carbonyl (C=O) groups excluding carboxylic acids is 1. The van der Waals surface area contributed by atoms with Crippen LogP contribution in [0.3, 0.4) is 0 Å². The van der Waals surface area contributed by atoms with Crippen LogP contribution in [0.1, 0.15) is 50.2 Å². The van der Waals surface area contributed by atoms with Crippen LogP contribution >= 0.6 is 0 Å². The number of nitrogens with zero attached hydrogens (tertiary/aromatic N) is 1. The van der Waals surface area contributed by atoms with Crippen LogP contribution in [0.25, 0.3) is 0 Å². The number of nitrogens with one attached hydrogen (secondary N) is 2. The van der Waals surface area contributed by atoms with Crippen LogP contribution < -0.4 is 10.6 Å². The first-order valence-corrected chi connectivity index (χ1v) is 15.7. The minimum atomic E-state index is -3.99. The molecular formula is C32H40FN3O6S. The summed E-state index contributed by atoms with van der Waals surface area (Å²) in [5.41, 5.74) is 1.56. The van der Waals surface area contributed by atoms with Crippen molar-refractivity contribution in [2.45, 2.75) is 56.0 Å². The smallest absolute Gasteiger partial charge is 0.405 e. The summed E-state index contributed by atoms with van der Waals surface area (Å²) in [6.45, 7) is 3.73. The Morgan fingerprint density at radius 2 is 1.44 bits per heavy atom. The molecule has 0 aliphatic carbocycles. The molecule has 0 aliphatic heterocycles. The topological polar surface area (TPSA) is 136 Å². The van der Waals surface area contributed by atoms with Gasteiger partial charge in [0.2, 0.25) is 15.9 Å². The van der Waals surface area contributed by atoms with Gasteiger partial charge in [0.15, 0.2) is 0 Å². The predicted molar refractivity (Wildman–Crippen MR) is 163 cm³/mol. The Bertz CT molecular complexity index is 1370. The zero-order valence-electron chi connectivity index (χ0n) is 24.4. The molecule has 3 aromatic carbocycles. The van der Waals surface area contributed by atoms with Crippen LogP contribution in [0.2, 0.25) is 0 Å². The maximum absolute atomic E-state index is 13.4. The molecule has 3 aromatic rings. The van der Waals surface area contributed by atoms with Crippen LogP contribution in [-0.2, 0) is 14.8 Å². The molecule has 2 amide bonds. The zero-order chi connectivity index (χ0) is 31.4. The number of amides is 2. The predicted octanol–water partition coefficient (Wildman–Crippen LogP) is 4.59. The number of benzene rings is 3. The molecule has 0 aliphatic rings. The molecule has 2 atom stereocenters. The average molecular weight is 614 g/mol. The molecule has 2 unspecified atom stereocenters. The second-order valence-electron chi connectivity index (χ2n) is 10.8. The Balaban J connectivity index is 1.68. The number of aliphatic hydroxyl groups is 1. The van der Waals surface area contributed by atoms with Crippen molar-refractivity contribution in [3.63, 3.8) is 0 Å². The van der Waals surface area contributed by atoms with Gasteiger partial charge in [0, 0.05) is 25.0 Å². The van der Waals surface area contributed by atoms with E-state index in [1.54, 1.807) is 0 Å². The second-order valence-corrected chi connectivity index (χ2v) is 12.7. The van der Waals surface area contributed by atoms with Crippen molar-refractivity contribution >= 4 is 22.0 Å². The standard InChI is InChI=1S/C32H40FN3O6S/c1-23(2)21-36(43(41,42)28-18-16-26(33)17-19-28)27(22-37)15-9-10-20-34-31(38)30(35-32(39)40)29(24-11-5-3-6-12-24)25-13-7-4-8-14-25/h3-8,11-14,16-19,23,27,29-30,35,37H,9-10,15,20-22H2,1-2H3,(H,34,38)(H,39,40). The fourth-order valence-electron chi connectivity index (χ4n) is 5.03. The van der Waals surface area contributed by atoms with Crippen molar-refractivity contribution < 1.29 is 32.6 Å². The molecule has 0 spiro atoms. The number of halogens is 1. The third kappa shape index (κ3) is 9.60. The van der Waals surface area contributed by atoms with E-state index in [9.17, 15) is 32.6 Å². The molecule has 3 rings (SSSR count). The van der Waals surface area contributed by atoms with E-state index in [1.807, 2.05) is 74.5 Å². The molecule has 0 saturated heterocycles. The quantitative estimate of drug-likeness (QED) is 0.175. The Hall–Kier alpha value is -3.80. The fraction of sp³-hybridized carbons (Fsp3) is 0.375. The Labute approximate surface area is 252 Å². The largest absolute Gasteiger partial charge is 0.465 e. The van der Waals surface area contributed by atoms with Crippen LogP contribution in [0.4, 0.5) is 9.18 Å². The number of carbonyl (C=O) groups is 2. The zero-order valence-corrected chi connectivity index (χ0v) is 25.2. The van der Waals surface area contributed by atoms with Gasteiger partial charge in [-0.3, -0.25) is 4.79 Å². The Kier molecular flexibility index (Phi) is 12.7. The lowest BCUT2D eigenvalue weighted by Gasteiger charge is -2.31. The van der Waals surface area contributed by atoms with Gasteiger partial charge in [-0.2, -0.15) is 4.31 Å². The maximum Gasteiger partial charge on any atom is 0.405 e. The number of hydrogen-bond donors (Lipinski definition) is 4. The summed E-state index contributed by atoms with van der Waals surface area (Å²) >= 11 is 0. The second kappa shape index (κ2) is 16.2. The molecule has 0 aromatic heterocycles. The van der Waals surface area contributed by atoms with Gasteiger partial charge in [-0.1, -0.05) is 80.9 Å². The van der Waals surface area contributed by atoms with E-state index in [0.717, 1.165) is 23.3 Å². The van der Waals surface area contributed by atoms with Crippen molar-refractivity contribution in [2.75, 3.05) is 19.7 Å². The minimum Gasteiger partial charge on any atom is -0.465 e. The number of carboxylic acid groups (broad SMARTS) is 1. The molecule has 0 radical (unpaired) electrons. The number of rotatable bonds is 16. The van der Waals surface area contributed by atoms with Gasteiger partial charge in [0.1, 0.15) is 11.9 Å². The lowest BCUT2D eigenvalue weighted by atomic mass is 9.84. The molecule has 11 heteroatoms. The highest BCUT2D eigenvalue weighted by molar-refractivity contribution is 7.89. The average Bonchev–Trinajstić information content (AvgIpc) is 2.98. The van der Waals surface area contributed by atoms with Crippen molar-refractivity contribution in [1.29, 1.82) is 0 Å². The summed E-state index contributed by atoms with van der Waals surface area (Å²) in [6.07, 6.45) is -0.0466. The van der Waals surface area contributed by atoms with Gasteiger partial charge in [0.05, 0.1) is 11.5 Å². The van der Waals surface area contributed by atoms with Crippen molar-refractivity contribution in [3.8, 4) is 0 Å². The van der Waals surface area contributed by atoms with E-state index >= 15 is 0 Å². The summed E-state index contributed by atoms with van der Waals surface area (Å²) in [4.78, 5) is 25.0.